The maximum Gasteiger partial charge on any atom is 0.330 e. The number of anilines is 2. The molecule has 0 spiro atoms. The molecule has 0 saturated heterocycles. The van der Waals surface area contributed by atoms with E-state index in [-0.39, 0.29) is 22.7 Å². The van der Waals surface area contributed by atoms with E-state index < -0.39 is 5.82 Å². The van der Waals surface area contributed by atoms with E-state index in [1.165, 1.54) is 16.1 Å². The van der Waals surface area contributed by atoms with Crippen LogP contribution in [0.4, 0.5) is 20.7 Å². The molecule has 0 atom stereocenters. The molecule has 2 aromatic carbocycles. The molecule has 1 aromatic heterocycles. The molecule has 27 heavy (non-hydrogen) atoms. The summed E-state index contributed by atoms with van der Waals surface area (Å²) in [6.07, 6.45) is 1.39. The Morgan fingerprint density at radius 1 is 1.19 bits per heavy atom. The van der Waals surface area contributed by atoms with E-state index in [9.17, 15) is 4.79 Å². The number of carbonyl (C=O) groups excluding carboxylic acids is 1. The number of benzene rings is 2. The molecular formula is C19H16BrFN4O2. The molecule has 1 aliphatic rings. The third-order valence-corrected chi connectivity index (χ3v) is 5.15. The largest absolute Gasteiger partial charge is 0.497 e. The standard InChI is InChI=1S/C19H16BrFN4O2/c1-3-24-18-15-14(22-10-23-18)8-13(20)16(21)17(15)25(19(24)26)9-11-4-6-12(27-2)7-5-11/h4-8,10H,3,9H2,1-2H3. The summed E-state index contributed by atoms with van der Waals surface area (Å²) in [6, 6.07) is 8.61. The van der Waals surface area contributed by atoms with Gasteiger partial charge in [0.2, 0.25) is 0 Å². The van der Waals surface area contributed by atoms with E-state index in [0.717, 1.165) is 5.56 Å². The van der Waals surface area contributed by atoms with E-state index in [2.05, 4.69) is 25.9 Å². The van der Waals surface area contributed by atoms with Gasteiger partial charge in [-0.3, -0.25) is 9.80 Å². The predicted octanol–water partition coefficient (Wildman–Crippen LogP) is 4.51. The fraction of sp³-hybridized carbons (Fsp3) is 0.211. The summed E-state index contributed by atoms with van der Waals surface area (Å²) in [5.74, 6) is 0.643. The molecular weight excluding hydrogens is 415 g/mol. The average molecular weight is 431 g/mol. The topological polar surface area (TPSA) is 58.6 Å². The second-order valence-corrected chi connectivity index (χ2v) is 6.93. The first kappa shape index (κ1) is 17.7. The summed E-state index contributed by atoms with van der Waals surface area (Å²) in [6.45, 7) is 2.49. The first-order valence-electron chi connectivity index (χ1n) is 8.39. The van der Waals surface area contributed by atoms with Crippen LogP contribution >= 0.6 is 15.9 Å². The van der Waals surface area contributed by atoms with Crippen LogP contribution in [-0.2, 0) is 6.54 Å². The Bertz CT molecular complexity index is 1040. The maximum atomic E-state index is 15.1. The molecule has 2 amide bonds. The van der Waals surface area contributed by atoms with Crippen molar-refractivity contribution in [2.45, 2.75) is 13.5 Å². The van der Waals surface area contributed by atoms with Crippen molar-refractivity contribution in [2.75, 3.05) is 23.5 Å². The average Bonchev–Trinajstić information content (AvgIpc) is 2.68. The lowest BCUT2D eigenvalue weighted by Gasteiger charge is -2.35. The first-order valence-corrected chi connectivity index (χ1v) is 9.19. The number of aromatic nitrogens is 2. The molecule has 0 radical (unpaired) electrons. The van der Waals surface area contributed by atoms with Gasteiger partial charge in [0.15, 0.2) is 5.82 Å². The van der Waals surface area contributed by atoms with Crippen LogP contribution in [0.15, 0.2) is 41.1 Å². The fourth-order valence-electron chi connectivity index (χ4n) is 3.27. The van der Waals surface area contributed by atoms with Crippen LogP contribution < -0.4 is 14.5 Å². The molecule has 0 fully saturated rings. The number of rotatable bonds is 4. The number of hydrogen-bond donors (Lipinski definition) is 0. The third-order valence-electron chi connectivity index (χ3n) is 4.58. The number of amides is 2. The normalized spacial score (nSPS) is 13.4. The van der Waals surface area contributed by atoms with Gasteiger partial charge in [-0.1, -0.05) is 12.1 Å². The molecule has 0 unspecified atom stereocenters. The van der Waals surface area contributed by atoms with Gasteiger partial charge in [0.05, 0.1) is 34.7 Å². The van der Waals surface area contributed by atoms with Crippen molar-refractivity contribution >= 4 is 44.4 Å². The van der Waals surface area contributed by atoms with Crippen molar-refractivity contribution in [3.05, 3.63) is 52.5 Å². The lowest BCUT2D eigenvalue weighted by atomic mass is 10.1. The molecule has 3 aromatic rings. The second kappa shape index (κ2) is 6.77. The first-order chi connectivity index (χ1) is 13.0. The van der Waals surface area contributed by atoms with E-state index in [0.29, 0.717) is 29.0 Å². The summed E-state index contributed by atoms with van der Waals surface area (Å²) < 4.78 is 20.5. The van der Waals surface area contributed by atoms with E-state index >= 15 is 4.39 Å². The van der Waals surface area contributed by atoms with Crippen LogP contribution in [0.2, 0.25) is 0 Å². The molecule has 138 valence electrons. The Morgan fingerprint density at radius 3 is 2.59 bits per heavy atom. The van der Waals surface area contributed by atoms with Crippen LogP contribution in [0.25, 0.3) is 10.9 Å². The van der Waals surface area contributed by atoms with Crippen LogP contribution in [0, 0.1) is 5.82 Å². The molecule has 6 nitrogen and oxygen atoms in total. The maximum absolute atomic E-state index is 15.1. The quantitative estimate of drug-likeness (QED) is 0.610. The monoisotopic (exact) mass is 430 g/mol. The Labute approximate surface area is 163 Å². The van der Waals surface area contributed by atoms with E-state index in [1.54, 1.807) is 13.2 Å². The molecule has 0 saturated carbocycles. The lowest BCUT2D eigenvalue weighted by molar-refractivity contribution is 0.250. The number of halogens is 2. The molecule has 0 bridgehead atoms. The minimum absolute atomic E-state index is 0.195. The number of methoxy groups -OCH3 is 1. The van der Waals surface area contributed by atoms with Gasteiger partial charge in [0.25, 0.3) is 0 Å². The van der Waals surface area contributed by atoms with Gasteiger partial charge in [0.1, 0.15) is 17.9 Å². The Hall–Kier alpha value is -2.74. The molecule has 1 aliphatic heterocycles. The molecule has 4 rings (SSSR count). The van der Waals surface area contributed by atoms with Crippen molar-refractivity contribution in [1.29, 1.82) is 0 Å². The zero-order valence-electron chi connectivity index (χ0n) is 14.7. The Kier molecular flexibility index (Phi) is 4.43. The van der Waals surface area contributed by atoms with Crippen molar-refractivity contribution in [2.24, 2.45) is 0 Å². The SMILES string of the molecule is CCN1C(=O)N(Cc2ccc(OC)cc2)c2c(F)c(Br)cc3ncnc1c23. The number of carbonyl (C=O) groups is 1. The summed E-state index contributed by atoms with van der Waals surface area (Å²) in [4.78, 5) is 24.6. The highest BCUT2D eigenvalue weighted by Crippen LogP contribution is 2.42. The minimum atomic E-state index is -0.504. The number of ether oxygens (including phenoxy) is 1. The van der Waals surface area contributed by atoms with Crippen molar-refractivity contribution in [3.63, 3.8) is 0 Å². The summed E-state index contributed by atoms with van der Waals surface area (Å²) in [7, 11) is 1.59. The van der Waals surface area contributed by atoms with Gasteiger partial charge in [0, 0.05) is 6.54 Å². The minimum Gasteiger partial charge on any atom is -0.497 e. The summed E-state index contributed by atoms with van der Waals surface area (Å²) in [5, 5.41) is 0.535. The Balaban J connectivity index is 1.90. The second-order valence-electron chi connectivity index (χ2n) is 6.07. The molecule has 2 heterocycles. The van der Waals surface area contributed by atoms with E-state index in [1.807, 2.05) is 31.2 Å². The van der Waals surface area contributed by atoms with Crippen LogP contribution in [0.3, 0.4) is 0 Å². The number of nitrogens with zero attached hydrogens (tertiary/aromatic N) is 4. The van der Waals surface area contributed by atoms with Gasteiger partial charge in [-0.25, -0.2) is 19.2 Å². The van der Waals surface area contributed by atoms with Crippen molar-refractivity contribution in [3.8, 4) is 5.75 Å². The Morgan fingerprint density at radius 2 is 1.93 bits per heavy atom. The van der Waals surface area contributed by atoms with Gasteiger partial charge in [-0.15, -0.1) is 0 Å². The van der Waals surface area contributed by atoms with Crippen LogP contribution in [0.5, 0.6) is 5.75 Å². The highest BCUT2D eigenvalue weighted by Gasteiger charge is 2.35. The molecule has 0 aliphatic carbocycles. The van der Waals surface area contributed by atoms with Gasteiger partial charge < -0.3 is 4.74 Å². The lowest BCUT2D eigenvalue weighted by Crippen LogP contribution is -2.46. The van der Waals surface area contributed by atoms with Gasteiger partial charge in [-0.2, -0.15) is 0 Å². The number of hydrogen-bond acceptors (Lipinski definition) is 4. The van der Waals surface area contributed by atoms with Gasteiger partial charge >= 0.3 is 6.03 Å². The van der Waals surface area contributed by atoms with Crippen LogP contribution in [-0.4, -0.2) is 29.7 Å². The highest BCUT2D eigenvalue weighted by atomic mass is 79.9. The molecule has 0 N–H and O–H groups in total. The third kappa shape index (κ3) is 2.80. The fourth-order valence-corrected chi connectivity index (χ4v) is 3.67. The van der Waals surface area contributed by atoms with Crippen LogP contribution in [0.1, 0.15) is 12.5 Å². The van der Waals surface area contributed by atoms with Gasteiger partial charge in [-0.05, 0) is 46.6 Å². The molecule has 8 heteroatoms. The van der Waals surface area contributed by atoms with Crippen molar-refractivity contribution in [1.82, 2.24) is 9.97 Å². The highest BCUT2D eigenvalue weighted by molar-refractivity contribution is 9.10. The zero-order valence-corrected chi connectivity index (χ0v) is 16.3. The van der Waals surface area contributed by atoms with Crippen molar-refractivity contribution < 1.29 is 13.9 Å². The summed E-state index contributed by atoms with van der Waals surface area (Å²) in [5.41, 5.74) is 1.63. The zero-order chi connectivity index (χ0) is 19.1. The van der Waals surface area contributed by atoms with E-state index in [4.69, 9.17) is 4.74 Å². The smallest absolute Gasteiger partial charge is 0.330 e. The summed E-state index contributed by atoms with van der Waals surface area (Å²) >= 11 is 3.24. The predicted molar refractivity (Wildman–Crippen MR) is 105 cm³/mol. The number of urea groups is 1.